The highest BCUT2D eigenvalue weighted by Crippen LogP contribution is 2.13. The van der Waals surface area contributed by atoms with Crippen LogP contribution in [0.2, 0.25) is 0 Å². The van der Waals surface area contributed by atoms with Gasteiger partial charge in [0.05, 0.1) is 5.75 Å². The van der Waals surface area contributed by atoms with E-state index in [-0.39, 0.29) is 24.1 Å². The van der Waals surface area contributed by atoms with E-state index >= 15 is 0 Å². The molecule has 1 aliphatic heterocycles. The van der Waals surface area contributed by atoms with E-state index in [4.69, 9.17) is 0 Å². The maximum absolute atomic E-state index is 12.1. The molecule has 0 aliphatic carbocycles. The second kappa shape index (κ2) is 9.10. The van der Waals surface area contributed by atoms with Crippen molar-refractivity contribution in [2.24, 2.45) is 0 Å². The molecular formula is C15H24ClN3O3S. The van der Waals surface area contributed by atoms with Crippen LogP contribution in [0.4, 0.5) is 5.69 Å². The lowest BCUT2D eigenvalue weighted by Gasteiger charge is -2.12. The third-order valence-electron chi connectivity index (χ3n) is 3.54. The van der Waals surface area contributed by atoms with E-state index in [1.165, 1.54) is 0 Å². The van der Waals surface area contributed by atoms with Crippen LogP contribution in [0.1, 0.15) is 36.5 Å². The molecule has 1 aliphatic rings. The number of hydrogen-bond donors (Lipinski definition) is 3. The molecule has 2 rings (SSSR count). The minimum atomic E-state index is -3.34. The van der Waals surface area contributed by atoms with Crippen molar-refractivity contribution in [2.75, 3.05) is 23.6 Å². The fourth-order valence-electron chi connectivity index (χ4n) is 2.47. The first-order valence-electron chi connectivity index (χ1n) is 7.62. The van der Waals surface area contributed by atoms with E-state index in [1.54, 1.807) is 31.2 Å². The SMILES string of the molecule is CCCS(=O)(=O)Nc1cccc(C(=O)NCC2CCCN2)c1.Cl. The lowest BCUT2D eigenvalue weighted by Crippen LogP contribution is -2.37. The highest BCUT2D eigenvalue weighted by Gasteiger charge is 2.16. The summed E-state index contributed by atoms with van der Waals surface area (Å²) in [6, 6.07) is 6.88. The fraction of sp³-hybridized carbons (Fsp3) is 0.533. The van der Waals surface area contributed by atoms with Crippen molar-refractivity contribution in [2.45, 2.75) is 32.2 Å². The standard InChI is InChI=1S/C15H23N3O3S.ClH/c1-2-9-22(20,21)18-13-6-3-5-12(10-13)15(19)17-11-14-7-4-8-16-14;/h3,5-6,10,14,16,18H,2,4,7-9,11H2,1H3,(H,17,19);1H. The van der Waals surface area contributed by atoms with E-state index in [1.807, 2.05) is 0 Å². The Morgan fingerprint density at radius 1 is 1.39 bits per heavy atom. The molecule has 0 saturated carbocycles. The Kier molecular flexibility index (Phi) is 7.81. The van der Waals surface area contributed by atoms with Crippen LogP contribution in [0, 0.1) is 0 Å². The number of carbonyl (C=O) groups is 1. The highest BCUT2D eigenvalue weighted by atomic mass is 35.5. The number of amides is 1. The zero-order valence-corrected chi connectivity index (χ0v) is 14.8. The second-order valence-corrected chi connectivity index (χ2v) is 7.35. The lowest BCUT2D eigenvalue weighted by molar-refractivity contribution is 0.0950. The summed E-state index contributed by atoms with van der Waals surface area (Å²) in [6.07, 6.45) is 2.75. The van der Waals surface area contributed by atoms with Crippen molar-refractivity contribution >= 4 is 34.0 Å². The van der Waals surface area contributed by atoms with Crippen LogP contribution in [0.3, 0.4) is 0 Å². The van der Waals surface area contributed by atoms with Gasteiger partial charge in [0.25, 0.3) is 5.91 Å². The summed E-state index contributed by atoms with van der Waals surface area (Å²) < 4.78 is 26.0. The number of rotatable bonds is 7. The van der Waals surface area contributed by atoms with Crippen molar-refractivity contribution in [1.82, 2.24) is 10.6 Å². The van der Waals surface area contributed by atoms with Gasteiger partial charge in [0, 0.05) is 23.8 Å². The molecule has 1 aromatic carbocycles. The Morgan fingerprint density at radius 2 is 2.17 bits per heavy atom. The summed E-state index contributed by atoms with van der Waals surface area (Å²) in [5, 5.41) is 6.19. The molecule has 1 amide bonds. The molecule has 0 radical (unpaired) electrons. The van der Waals surface area contributed by atoms with Crippen LogP contribution in [0.5, 0.6) is 0 Å². The van der Waals surface area contributed by atoms with Gasteiger partial charge < -0.3 is 10.6 Å². The van der Waals surface area contributed by atoms with Crippen molar-refractivity contribution in [3.63, 3.8) is 0 Å². The molecule has 0 aromatic heterocycles. The number of nitrogens with one attached hydrogen (secondary N) is 3. The van der Waals surface area contributed by atoms with Gasteiger partial charge >= 0.3 is 0 Å². The number of halogens is 1. The lowest BCUT2D eigenvalue weighted by atomic mass is 10.2. The summed E-state index contributed by atoms with van der Waals surface area (Å²) in [4.78, 5) is 12.1. The number of sulfonamides is 1. The molecule has 1 aromatic rings. The topological polar surface area (TPSA) is 87.3 Å². The summed E-state index contributed by atoms with van der Waals surface area (Å²) in [7, 11) is -3.34. The summed E-state index contributed by atoms with van der Waals surface area (Å²) in [6.45, 7) is 3.39. The summed E-state index contributed by atoms with van der Waals surface area (Å²) in [5.41, 5.74) is 0.870. The van der Waals surface area contributed by atoms with E-state index in [0.717, 1.165) is 19.4 Å². The Hall–Kier alpha value is -1.31. The zero-order chi connectivity index (χ0) is 16.0. The molecular weight excluding hydrogens is 338 g/mol. The average Bonchev–Trinajstić information content (AvgIpc) is 2.97. The third kappa shape index (κ3) is 6.37. The van der Waals surface area contributed by atoms with Crippen LogP contribution in [0.15, 0.2) is 24.3 Å². The molecule has 3 N–H and O–H groups in total. The fourth-order valence-corrected chi connectivity index (χ4v) is 3.60. The van der Waals surface area contributed by atoms with Crippen molar-refractivity contribution in [3.8, 4) is 0 Å². The molecule has 23 heavy (non-hydrogen) atoms. The average molecular weight is 362 g/mol. The maximum atomic E-state index is 12.1. The Balaban J connectivity index is 0.00000264. The molecule has 1 saturated heterocycles. The van der Waals surface area contributed by atoms with Gasteiger partial charge in [0.15, 0.2) is 0 Å². The third-order valence-corrected chi connectivity index (χ3v) is 5.03. The predicted molar refractivity (Wildman–Crippen MR) is 94.7 cm³/mol. The van der Waals surface area contributed by atoms with Crippen molar-refractivity contribution in [3.05, 3.63) is 29.8 Å². The van der Waals surface area contributed by atoms with Gasteiger partial charge in [-0.1, -0.05) is 13.0 Å². The summed E-state index contributed by atoms with van der Waals surface area (Å²) in [5.74, 6) is -0.123. The number of carbonyl (C=O) groups excluding carboxylic acids is 1. The molecule has 0 spiro atoms. The number of hydrogen-bond acceptors (Lipinski definition) is 4. The van der Waals surface area contributed by atoms with E-state index in [0.29, 0.717) is 30.3 Å². The predicted octanol–water partition coefficient (Wildman–Crippen LogP) is 1.74. The molecule has 8 heteroatoms. The molecule has 1 unspecified atom stereocenters. The van der Waals surface area contributed by atoms with Gasteiger partial charge in [-0.15, -0.1) is 12.4 Å². The molecule has 6 nitrogen and oxygen atoms in total. The first-order chi connectivity index (χ1) is 10.5. The van der Waals surface area contributed by atoms with Gasteiger partial charge in [-0.2, -0.15) is 0 Å². The van der Waals surface area contributed by atoms with Crippen LogP contribution < -0.4 is 15.4 Å². The van der Waals surface area contributed by atoms with Crippen LogP contribution in [-0.2, 0) is 10.0 Å². The van der Waals surface area contributed by atoms with Crippen molar-refractivity contribution in [1.29, 1.82) is 0 Å². The molecule has 1 heterocycles. The number of benzene rings is 1. The Morgan fingerprint density at radius 3 is 2.83 bits per heavy atom. The normalized spacial score (nSPS) is 17.3. The van der Waals surface area contributed by atoms with Gasteiger partial charge in [0.2, 0.25) is 10.0 Å². The number of anilines is 1. The smallest absolute Gasteiger partial charge is 0.251 e. The summed E-state index contributed by atoms with van der Waals surface area (Å²) >= 11 is 0. The molecule has 1 fully saturated rings. The Bertz CT molecular complexity index is 616. The monoisotopic (exact) mass is 361 g/mol. The maximum Gasteiger partial charge on any atom is 0.251 e. The van der Waals surface area contributed by atoms with E-state index < -0.39 is 10.0 Å². The van der Waals surface area contributed by atoms with E-state index in [2.05, 4.69) is 15.4 Å². The largest absolute Gasteiger partial charge is 0.350 e. The van der Waals surface area contributed by atoms with Crippen molar-refractivity contribution < 1.29 is 13.2 Å². The van der Waals surface area contributed by atoms with Crippen LogP contribution in [0.25, 0.3) is 0 Å². The zero-order valence-electron chi connectivity index (χ0n) is 13.2. The van der Waals surface area contributed by atoms with Gasteiger partial charge in [-0.05, 0) is 44.0 Å². The van der Waals surface area contributed by atoms with E-state index in [9.17, 15) is 13.2 Å². The quantitative estimate of drug-likeness (QED) is 0.690. The van der Waals surface area contributed by atoms with Crippen LogP contribution >= 0.6 is 12.4 Å². The second-order valence-electron chi connectivity index (χ2n) is 5.51. The van der Waals surface area contributed by atoms with Crippen LogP contribution in [-0.4, -0.2) is 39.2 Å². The molecule has 130 valence electrons. The molecule has 1 atom stereocenters. The molecule has 0 bridgehead atoms. The minimum Gasteiger partial charge on any atom is -0.350 e. The first-order valence-corrected chi connectivity index (χ1v) is 9.27. The van der Waals surface area contributed by atoms with Gasteiger partial charge in [-0.25, -0.2) is 8.42 Å². The minimum absolute atomic E-state index is 0. The van der Waals surface area contributed by atoms with Gasteiger partial charge in [-0.3, -0.25) is 9.52 Å². The van der Waals surface area contributed by atoms with Gasteiger partial charge in [0.1, 0.15) is 0 Å². The first kappa shape index (κ1) is 19.7. The highest BCUT2D eigenvalue weighted by molar-refractivity contribution is 7.92. The Labute approximate surface area is 143 Å².